The smallest absolute Gasteiger partial charge is 0.274 e. The fraction of sp³-hybridized carbons (Fsp3) is 0.444. The van der Waals surface area contributed by atoms with Crippen LogP contribution in [0.3, 0.4) is 0 Å². The van der Waals surface area contributed by atoms with Gasteiger partial charge in [-0.1, -0.05) is 18.2 Å². The summed E-state index contributed by atoms with van der Waals surface area (Å²) in [4.78, 5) is 14.6. The minimum Gasteiger partial charge on any atom is -0.391 e. The first-order chi connectivity index (χ1) is 11.1. The van der Waals surface area contributed by atoms with Crippen molar-refractivity contribution in [3.05, 3.63) is 47.8 Å². The van der Waals surface area contributed by atoms with Crippen LogP contribution in [0.15, 0.2) is 36.4 Å². The van der Waals surface area contributed by atoms with Crippen LogP contribution in [0.2, 0.25) is 0 Å². The molecule has 122 valence electrons. The molecule has 2 atom stereocenters. The molecular formula is C18H23N3O2. The fourth-order valence-corrected chi connectivity index (χ4v) is 3.27. The molecule has 5 heteroatoms. The van der Waals surface area contributed by atoms with E-state index in [-0.39, 0.29) is 11.9 Å². The number of nitrogens with zero attached hydrogens (tertiary/aromatic N) is 3. The van der Waals surface area contributed by atoms with Gasteiger partial charge in [-0.25, -0.2) is 4.68 Å². The number of carbonyl (C=O) groups is 1. The third-order valence-corrected chi connectivity index (χ3v) is 4.47. The number of hydrogen-bond donors (Lipinski definition) is 1. The molecular weight excluding hydrogens is 290 g/mol. The molecule has 0 radical (unpaired) electrons. The number of hydrogen-bond acceptors (Lipinski definition) is 3. The summed E-state index contributed by atoms with van der Waals surface area (Å²) in [5.74, 6) is -0.0895. The Morgan fingerprint density at radius 1 is 1.30 bits per heavy atom. The van der Waals surface area contributed by atoms with E-state index >= 15 is 0 Å². The number of amides is 1. The lowest BCUT2D eigenvalue weighted by atomic mass is 9.98. The first-order valence-corrected chi connectivity index (χ1v) is 8.19. The van der Waals surface area contributed by atoms with E-state index in [0.717, 1.165) is 30.6 Å². The molecule has 0 spiro atoms. The van der Waals surface area contributed by atoms with Crippen LogP contribution in [0.25, 0.3) is 5.69 Å². The zero-order valence-corrected chi connectivity index (χ0v) is 13.6. The summed E-state index contributed by atoms with van der Waals surface area (Å²) in [6.45, 7) is 4.38. The highest BCUT2D eigenvalue weighted by Gasteiger charge is 2.31. The van der Waals surface area contributed by atoms with Crippen LogP contribution >= 0.6 is 0 Å². The molecule has 1 aromatic carbocycles. The number of aliphatic hydroxyl groups excluding tert-OH is 1. The molecule has 1 N–H and O–H groups in total. The summed E-state index contributed by atoms with van der Waals surface area (Å²) in [7, 11) is 0. The molecule has 1 aromatic heterocycles. The second-order valence-electron chi connectivity index (χ2n) is 6.22. The summed E-state index contributed by atoms with van der Waals surface area (Å²) in [5.41, 5.74) is 2.30. The normalized spacial score (nSPS) is 19.6. The Labute approximate surface area is 136 Å². The van der Waals surface area contributed by atoms with Crippen LogP contribution in [0.1, 0.15) is 42.4 Å². The van der Waals surface area contributed by atoms with Gasteiger partial charge in [-0.3, -0.25) is 4.79 Å². The summed E-state index contributed by atoms with van der Waals surface area (Å²) >= 11 is 0. The van der Waals surface area contributed by atoms with Crippen LogP contribution in [0.4, 0.5) is 0 Å². The van der Waals surface area contributed by atoms with Crippen molar-refractivity contribution in [1.29, 1.82) is 0 Å². The molecule has 1 fully saturated rings. The first-order valence-electron chi connectivity index (χ1n) is 8.19. The summed E-state index contributed by atoms with van der Waals surface area (Å²) < 4.78 is 1.79. The maximum atomic E-state index is 12.9. The second kappa shape index (κ2) is 6.54. The number of piperidine rings is 1. The molecule has 0 aliphatic carbocycles. The second-order valence-corrected chi connectivity index (χ2v) is 6.22. The predicted molar refractivity (Wildman–Crippen MR) is 88.7 cm³/mol. The molecule has 0 bridgehead atoms. The number of rotatable bonds is 3. The minimum absolute atomic E-state index is 0.0895. The van der Waals surface area contributed by atoms with Gasteiger partial charge in [0.15, 0.2) is 5.69 Å². The Hall–Kier alpha value is -2.14. The fourth-order valence-electron chi connectivity index (χ4n) is 3.27. The molecule has 2 unspecified atom stereocenters. The highest BCUT2D eigenvalue weighted by Crippen LogP contribution is 2.22. The summed E-state index contributed by atoms with van der Waals surface area (Å²) in [6, 6.07) is 11.5. The van der Waals surface area contributed by atoms with Crippen molar-refractivity contribution >= 4 is 5.91 Å². The van der Waals surface area contributed by atoms with Gasteiger partial charge in [-0.2, -0.15) is 5.10 Å². The third kappa shape index (κ3) is 3.15. The van der Waals surface area contributed by atoms with Crippen molar-refractivity contribution in [2.24, 2.45) is 0 Å². The maximum absolute atomic E-state index is 12.9. The molecule has 5 nitrogen and oxygen atoms in total. The van der Waals surface area contributed by atoms with Crippen molar-refractivity contribution in [3.8, 4) is 5.69 Å². The molecule has 3 rings (SSSR count). The average molecular weight is 313 g/mol. The van der Waals surface area contributed by atoms with E-state index in [1.54, 1.807) is 16.5 Å². The SMILES string of the molecule is Cc1cc(C(=O)N2CCCCC2C(C)O)nn1-c1ccccc1. The van der Waals surface area contributed by atoms with Gasteiger partial charge in [-0.15, -0.1) is 0 Å². The molecule has 23 heavy (non-hydrogen) atoms. The van der Waals surface area contributed by atoms with Gasteiger partial charge in [0.2, 0.25) is 0 Å². The Bertz CT molecular complexity index is 679. The molecule has 1 aliphatic rings. The quantitative estimate of drug-likeness (QED) is 0.947. The lowest BCUT2D eigenvalue weighted by Gasteiger charge is -2.37. The van der Waals surface area contributed by atoms with Crippen LogP contribution < -0.4 is 0 Å². The van der Waals surface area contributed by atoms with Gasteiger partial charge < -0.3 is 10.0 Å². The van der Waals surface area contributed by atoms with E-state index in [4.69, 9.17) is 0 Å². The number of benzene rings is 1. The van der Waals surface area contributed by atoms with Crippen molar-refractivity contribution in [2.45, 2.75) is 45.3 Å². The van der Waals surface area contributed by atoms with Gasteiger partial charge in [-0.05, 0) is 51.3 Å². The van der Waals surface area contributed by atoms with E-state index in [1.807, 2.05) is 43.3 Å². The Kier molecular flexibility index (Phi) is 4.48. The number of likely N-dealkylation sites (tertiary alicyclic amines) is 1. The average Bonchev–Trinajstić information content (AvgIpc) is 2.97. The van der Waals surface area contributed by atoms with Crippen LogP contribution in [-0.2, 0) is 0 Å². The molecule has 0 saturated carbocycles. The van der Waals surface area contributed by atoms with Crippen molar-refractivity contribution in [3.63, 3.8) is 0 Å². The number of aryl methyl sites for hydroxylation is 1. The van der Waals surface area contributed by atoms with E-state index in [2.05, 4.69) is 5.10 Å². The number of aromatic nitrogens is 2. The Morgan fingerprint density at radius 3 is 2.74 bits per heavy atom. The maximum Gasteiger partial charge on any atom is 0.274 e. The van der Waals surface area contributed by atoms with E-state index in [0.29, 0.717) is 12.2 Å². The highest BCUT2D eigenvalue weighted by molar-refractivity contribution is 5.92. The van der Waals surface area contributed by atoms with Crippen LogP contribution in [0, 0.1) is 6.92 Å². The summed E-state index contributed by atoms with van der Waals surface area (Å²) in [6.07, 6.45) is 2.36. The van der Waals surface area contributed by atoms with E-state index in [9.17, 15) is 9.90 Å². The van der Waals surface area contributed by atoms with Gasteiger partial charge in [0.25, 0.3) is 5.91 Å². The standard InChI is InChI=1S/C18H23N3O2/c1-13-12-16(19-21(13)15-8-4-3-5-9-15)18(23)20-11-7-6-10-17(20)14(2)22/h3-5,8-9,12,14,17,22H,6-7,10-11H2,1-2H3. The molecule has 2 heterocycles. The van der Waals surface area contributed by atoms with Gasteiger partial charge in [0.1, 0.15) is 0 Å². The van der Waals surface area contributed by atoms with Gasteiger partial charge >= 0.3 is 0 Å². The third-order valence-electron chi connectivity index (χ3n) is 4.47. The lowest BCUT2D eigenvalue weighted by molar-refractivity contribution is 0.0276. The molecule has 1 aliphatic heterocycles. The first kappa shape index (κ1) is 15.7. The van der Waals surface area contributed by atoms with Crippen molar-refractivity contribution in [1.82, 2.24) is 14.7 Å². The lowest BCUT2D eigenvalue weighted by Crippen LogP contribution is -2.49. The summed E-state index contributed by atoms with van der Waals surface area (Å²) in [5, 5.41) is 14.5. The van der Waals surface area contributed by atoms with Crippen LogP contribution in [-0.4, -0.2) is 44.4 Å². The largest absolute Gasteiger partial charge is 0.391 e. The van der Waals surface area contributed by atoms with E-state index < -0.39 is 6.10 Å². The molecule has 1 saturated heterocycles. The van der Waals surface area contributed by atoms with Crippen molar-refractivity contribution in [2.75, 3.05) is 6.54 Å². The van der Waals surface area contributed by atoms with Crippen LogP contribution in [0.5, 0.6) is 0 Å². The monoisotopic (exact) mass is 313 g/mol. The number of aliphatic hydroxyl groups is 1. The Balaban J connectivity index is 1.88. The zero-order valence-electron chi connectivity index (χ0n) is 13.6. The zero-order chi connectivity index (χ0) is 16.4. The molecule has 2 aromatic rings. The van der Waals surface area contributed by atoms with E-state index in [1.165, 1.54) is 0 Å². The minimum atomic E-state index is -0.517. The number of carbonyl (C=O) groups excluding carboxylic acids is 1. The topological polar surface area (TPSA) is 58.4 Å². The Morgan fingerprint density at radius 2 is 2.04 bits per heavy atom. The molecule has 1 amide bonds. The van der Waals surface area contributed by atoms with Gasteiger partial charge in [0.05, 0.1) is 17.8 Å². The van der Waals surface area contributed by atoms with Gasteiger partial charge in [0, 0.05) is 12.2 Å². The highest BCUT2D eigenvalue weighted by atomic mass is 16.3. The predicted octanol–water partition coefficient (Wildman–Crippen LogP) is 2.56. The number of para-hydroxylation sites is 1. The van der Waals surface area contributed by atoms with Crippen molar-refractivity contribution < 1.29 is 9.90 Å².